The number of hydrogen-bond acceptors (Lipinski definition) is 3. The Morgan fingerprint density at radius 2 is 2.05 bits per heavy atom. The molecule has 0 aliphatic heterocycles. The van der Waals surface area contributed by atoms with E-state index in [1.807, 2.05) is 25.1 Å². The van der Waals surface area contributed by atoms with E-state index in [1.165, 1.54) is 0 Å². The van der Waals surface area contributed by atoms with E-state index in [0.717, 1.165) is 11.3 Å². The van der Waals surface area contributed by atoms with Gasteiger partial charge >= 0.3 is 5.97 Å². The number of carboxylic acids is 1. The first kappa shape index (κ1) is 13.5. The van der Waals surface area contributed by atoms with E-state index >= 15 is 0 Å². The number of rotatable bonds is 5. The van der Waals surface area contributed by atoms with Gasteiger partial charge in [-0.25, -0.2) is 0 Å². The van der Waals surface area contributed by atoms with Gasteiger partial charge < -0.3 is 14.4 Å². The summed E-state index contributed by atoms with van der Waals surface area (Å²) in [6, 6.07) is 8.83. The molecule has 0 amide bonds. The van der Waals surface area contributed by atoms with Crippen molar-refractivity contribution in [2.24, 2.45) is 0 Å². The fourth-order valence-corrected chi connectivity index (χ4v) is 2.05. The lowest BCUT2D eigenvalue weighted by atomic mass is 10.1. The van der Waals surface area contributed by atoms with Crippen LogP contribution in [0, 0.1) is 0 Å². The summed E-state index contributed by atoms with van der Waals surface area (Å²) in [4.78, 5) is 12.8. The number of halogens is 1. The molecule has 0 spiro atoms. The summed E-state index contributed by atoms with van der Waals surface area (Å²) in [7, 11) is 0. The van der Waals surface area contributed by atoms with Gasteiger partial charge in [0, 0.05) is 16.3 Å². The van der Waals surface area contributed by atoms with Crippen LogP contribution in [0.4, 0.5) is 5.69 Å². The lowest BCUT2D eigenvalue weighted by Crippen LogP contribution is -2.32. The van der Waals surface area contributed by atoms with Gasteiger partial charge in [0.2, 0.25) is 0 Å². The van der Waals surface area contributed by atoms with Crippen molar-refractivity contribution in [1.82, 2.24) is 0 Å². The third kappa shape index (κ3) is 3.29. The largest absolute Gasteiger partial charge is 0.480 e. The topological polar surface area (TPSA) is 53.7 Å². The number of hydrogen-bond donors (Lipinski definition) is 1. The minimum absolute atomic E-state index is 0.0893. The third-order valence-electron chi connectivity index (χ3n) is 2.96. The molecule has 5 heteroatoms. The highest BCUT2D eigenvalue weighted by Gasteiger charge is 2.19. The van der Waals surface area contributed by atoms with Crippen LogP contribution in [-0.4, -0.2) is 17.6 Å². The number of anilines is 1. The maximum Gasteiger partial charge on any atom is 0.323 e. The van der Waals surface area contributed by atoms with E-state index in [0.29, 0.717) is 5.02 Å². The van der Waals surface area contributed by atoms with E-state index in [4.69, 9.17) is 21.1 Å². The van der Waals surface area contributed by atoms with E-state index in [9.17, 15) is 4.79 Å². The molecule has 1 N–H and O–H groups in total. The zero-order chi connectivity index (χ0) is 13.8. The predicted octanol–water partition coefficient (Wildman–Crippen LogP) is 3.59. The Morgan fingerprint density at radius 3 is 2.58 bits per heavy atom. The van der Waals surface area contributed by atoms with Crippen molar-refractivity contribution in [3.8, 4) is 0 Å². The molecular formula is C14H14ClNO3. The van der Waals surface area contributed by atoms with Crippen LogP contribution >= 0.6 is 11.6 Å². The second kappa shape index (κ2) is 5.80. The standard InChI is InChI=1S/C14H14ClNO3/c1-10(11-6-7-19-9-11)16(8-14(17)18)13-4-2-12(15)3-5-13/h2-7,9-10H,8H2,1H3,(H,17,18). The number of carboxylic acid groups (broad SMARTS) is 1. The first-order valence-corrected chi connectivity index (χ1v) is 6.22. The first-order chi connectivity index (χ1) is 9.08. The summed E-state index contributed by atoms with van der Waals surface area (Å²) in [6.07, 6.45) is 3.20. The Balaban J connectivity index is 2.30. The first-order valence-electron chi connectivity index (χ1n) is 5.84. The zero-order valence-electron chi connectivity index (χ0n) is 10.4. The number of carbonyl (C=O) groups is 1. The Bertz CT molecular complexity index is 536. The van der Waals surface area contributed by atoms with Gasteiger partial charge in [-0.1, -0.05) is 11.6 Å². The van der Waals surface area contributed by atoms with Gasteiger partial charge in [-0.05, 0) is 37.3 Å². The second-order valence-corrected chi connectivity index (χ2v) is 4.67. The molecule has 19 heavy (non-hydrogen) atoms. The van der Waals surface area contributed by atoms with Gasteiger partial charge in [-0.3, -0.25) is 4.79 Å². The second-order valence-electron chi connectivity index (χ2n) is 4.23. The summed E-state index contributed by atoms with van der Waals surface area (Å²) < 4.78 is 5.05. The van der Waals surface area contributed by atoms with Crippen LogP contribution in [0.15, 0.2) is 47.3 Å². The number of nitrogens with zero attached hydrogens (tertiary/aromatic N) is 1. The van der Waals surface area contributed by atoms with Crippen molar-refractivity contribution in [2.75, 3.05) is 11.4 Å². The van der Waals surface area contributed by atoms with E-state index < -0.39 is 5.97 Å². The zero-order valence-corrected chi connectivity index (χ0v) is 11.2. The van der Waals surface area contributed by atoms with Crippen LogP contribution in [0.5, 0.6) is 0 Å². The van der Waals surface area contributed by atoms with E-state index in [1.54, 1.807) is 29.6 Å². The average molecular weight is 280 g/mol. The van der Waals surface area contributed by atoms with Crippen molar-refractivity contribution in [3.05, 3.63) is 53.4 Å². The molecular weight excluding hydrogens is 266 g/mol. The summed E-state index contributed by atoms with van der Waals surface area (Å²) in [6.45, 7) is 1.84. The molecule has 1 atom stereocenters. The molecule has 1 aromatic heterocycles. The lowest BCUT2D eigenvalue weighted by molar-refractivity contribution is -0.135. The Morgan fingerprint density at radius 1 is 1.37 bits per heavy atom. The molecule has 0 fully saturated rings. The SMILES string of the molecule is CC(c1ccoc1)N(CC(=O)O)c1ccc(Cl)cc1. The normalized spacial score (nSPS) is 12.1. The summed E-state index contributed by atoms with van der Waals surface area (Å²) in [5.41, 5.74) is 1.73. The minimum Gasteiger partial charge on any atom is -0.480 e. The summed E-state index contributed by atoms with van der Waals surface area (Å²) in [5, 5.41) is 9.68. The van der Waals surface area contributed by atoms with Crippen LogP contribution in [0.1, 0.15) is 18.5 Å². The minimum atomic E-state index is -0.884. The van der Waals surface area contributed by atoms with Crippen LogP contribution in [0.2, 0.25) is 5.02 Å². The molecule has 0 aliphatic rings. The van der Waals surface area contributed by atoms with Crippen molar-refractivity contribution in [2.45, 2.75) is 13.0 Å². The lowest BCUT2D eigenvalue weighted by Gasteiger charge is -2.29. The Kier molecular flexibility index (Phi) is 4.12. The fourth-order valence-electron chi connectivity index (χ4n) is 1.92. The smallest absolute Gasteiger partial charge is 0.323 e. The maximum atomic E-state index is 11.0. The van der Waals surface area contributed by atoms with E-state index in [-0.39, 0.29) is 12.6 Å². The van der Waals surface area contributed by atoms with Crippen molar-refractivity contribution in [1.29, 1.82) is 0 Å². The highest BCUT2D eigenvalue weighted by Crippen LogP contribution is 2.27. The molecule has 1 heterocycles. The molecule has 0 radical (unpaired) electrons. The molecule has 1 unspecified atom stereocenters. The van der Waals surface area contributed by atoms with Gasteiger partial charge in [0.25, 0.3) is 0 Å². The highest BCUT2D eigenvalue weighted by atomic mass is 35.5. The fraction of sp³-hybridized carbons (Fsp3) is 0.214. The van der Waals surface area contributed by atoms with Crippen LogP contribution in [-0.2, 0) is 4.79 Å². The molecule has 0 aliphatic carbocycles. The molecule has 0 saturated heterocycles. The molecule has 4 nitrogen and oxygen atoms in total. The molecule has 0 bridgehead atoms. The van der Waals surface area contributed by atoms with Gasteiger partial charge in [0.1, 0.15) is 6.54 Å². The number of aliphatic carboxylic acids is 1. The summed E-state index contributed by atoms with van der Waals surface area (Å²) in [5.74, 6) is -0.884. The molecule has 100 valence electrons. The Hall–Kier alpha value is -1.94. The molecule has 1 aromatic carbocycles. The van der Waals surface area contributed by atoms with Crippen molar-refractivity contribution < 1.29 is 14.3 Å². The van der Waals surface area contributed by atoms with Crippen LogP contribution < -0.4 is 4.90 Å². The Labute approximate surface area is 116 Å². The van der Waals surface area contributed by atoms with Crippen LogP contribution in [0.25, 0.3) is 0 Å². The van der Waals surface area contributed by atoms with Crippen molar-refractivity contribution in [3.63, 3.8) is 0 Å². The van der Waals surface area contributed by atoms with Gasteiger partial charge in [-0.2, -0.15) is 0 Å². The van der Waals surface area contributed by atoms with Gasteiger partial charge in [0.15, 0.2) is 0 Å². The molecule has 2 rings (SSSR count). The van der Waals surface area contributed by atoms with Crippen molar-refractivity contribution >= 4 is 23.3 Å². The third-order valence-corrected chi connectivity index (χ3v) is 3.21. The van der Waals surface area contributed by atoms with Gasteiger partial charge in [-0.15, -0.1) is 0 Å². The van der Waals surface area contributed by atoms with Crippen LogP contribution in [0.3, 0.4) is 0 Å². The molecule has 0 saturated carbocycles. The predicted molar refractivity (Wildman–Crippen MR) is 73.6 cm³/mol. The average Bonchev–Trinajstić information content (AvgIpc) is 2.90. The maximum absolute atomic E-state index is 11.0. The molecule has 2 aromatic rings. The van der Waals surface area contributed by atoms with Gasteiger partial charge in [0.05, 0.1) is 18.6 Å². The van der Waals surface area contributed by atoms with E-state index in [2.05, 4.69) is 0 Å². The number of furan rings is 1. The quantitative estimate of drug-likeness (QED) is 0.909. The monoisotopic (exact) mass is 279 g/mol. The number of benzene rings is 1. The summed E-state index contributed by atoms with van der Waals surface area (Å²) >= 11 is 5.85. The highest BCUT2D eigenvalue weighted by molar-refractivity contribution is 6.30.